The maximum Gasteiger partial charge on any atom is 0.0328 e. The van der Waals surface area contributed by atoms with Crippen molar-refractivity contribution in [1.82, 2.24) is 10.2 Å². The van der Waals surface area contributed by atoms with Gasteiger partial charge in [0.15, 0.2) is 0 Å². The molecule has 3 unspecified atom stereocenters. The molecule has 0 aliphatic heterocycles. The first-order valence-corrected chi connectivity index (χ1v) is 8.21. The predicted octanol–water partition coefficient (Wildman–Crippen LogP) is 3.28. The Kier molecular flexibility index (Phi) is 3.07. The van der Waals surface area contributed by atoms with Crippen LogP contribution in [0.1, 0.15) is 59.3 Å². The summed E-state index contributed by atoms with van der Waals surface area (Å²) < 4.78 is 0. The smallest absolute Gasteiger partial charge is 0.0328 e. The predicted molar refractivity (Wildman–Crippen MR) is 81.3 cm³/mol. The van der Waals surface area contributed by atoms with Gasteiger partial charge in [0.1, 0.15) is 0 Å². The highest BCUT2D eigenvalue weighted by Gasteiger charge is 2.59. The average Bonchev–Trinajstić information content (AvgIpc) is 2.71. The Morgan fingerprint density at radius 1 is 1.11 bits per heavy atom. The lowest BCUT2D eigenvalue weighted by Gasteiger charge is -2.51. The molecule has 3 rings (SSSR count). The van der Waals surface area contributed by atoms with Crippen LogP contribution in [-0.2, 0) is 0 Å². The molecule has 2 heteroatoms. The summed E-state index contributed by atoms with van der Waals surface area (Å²) in [5, 5.41) is 4.03. The van der Waals surface area contributed by atoms with Crippen molar-refractivity contribution >= 4 is 0 Å². The van der Waals surface area contributed by atoms with Crippen LogP contribution in [0, 0.1) is 16.7 Å². The van der Waals surface area contributed by atoms with Crippen molar-refractivity contribution in [2.24, 2.45) is 16.7 Å². The van der Waals surface area contributed by atoms with E-state index in [9.17, 15) is 0 Å². The quantitative estimate of drug-likeness (QED) is 0.838. The van der Waals surface area contributed by atoms with Gasteiger partial charge in [0.25, 0.3) is 0 Å². The summed E-state index contributed by atoms with van der Waals surface area (Å²) in [5.41, 5.74) is 1.50. The van der Waals surface area contributed by atoms with Gasteiger partial charge in [-0.25, -0.2) is 0 Å². The first-order chi connectivity index (χ1) is 8.80. The Bertz CT molecular complexity index is 352. The fraction of sp³-hybridized carbons (Fsp3) is 1.00. The summed E-state index contributed by atoms with van der Waals surface area (Å²) in [5.74, 6) is 0.951. The second kappa shape index (κ2) is 4.21. The lowest BCUT2D eigenvalue weighted by atomic mass is 9.67. The van der Waals surface area contributed by atoms with Crippen LogP contribution in [-0.4, -0.2) is 37.1 Å². The summed E-state index contributed by atoms with van der Waals surface area (Å²) >= 11 is 0. The molecule has 0 aromatic rings. The third-order valence-electron chi connectivity index (χ3n) is 7.14. The molecule has 1 N–H and O–H groups in total. The maximum atomic E-state index is 4.03. The normalized spacial score (nSPS) is 42.6. The highest BCUT2D eigenvalue weighted by Crippen LogP contribution is 2.62. The highest BCUT2D eigenvalue weighted by molar-refractivity contribution is 5.13. The van der Waals surface area contributed by atoms with Crippen molar-refractivity contribution in [1.29, 1.82) is 0 Å². The van der Waals surface area contributed by atoms with E-state index in [0.717, 1.165) is 12.0 Å². The Hall–Kier alpha value is -0.0800. The number of hydrogen-bond donors (Lipinski definition) is 1. The largest absolute Gasteiger partial charge is 0.311 e. The number of rotatable bonds is 4. The Labute approximate surface area is 119 Å². The van der Waals surface area contributed by atoms with Gasteiger partial charge in [-0.05, 0) is 69.4 Å². The van der Waals surface area contributed by atoms with Crippen LogP contribution in [0.3, 0.4) is 0 Å². The molecule has 0 aromatic heterocycles. The van der Waals surface area contributed by atoms with Crippen molar-refractivity contribution in [3.05, 3.63) is 0 Å². The summed E-state index contributed by atoms with van der Waals surface area (Å²) in [6.07, 6.45) is 8.51. The number of likely N-dealkylation sites (N-methyl/N-ethyl adjacent to an activating group) is 1. The van der Waals surface area contributed by atoms with Crippen molar-refractivity contribution in [2.45, 2.75) is 70.9 Å². The summed E-state index contributed by atoms with van der Waals surface area (Å²) in [4.78, 5) is 2.46. The van der Waals surface area contributed by atoms with E-state index in [0.29, 0.717) is 16.4 Å². The van der Waals surface area contributed by atoms with E-state index in [2.05, 4.69) is 45.1 Å². The van der Waals surface area contributed by atoms with Crippen LogP contribution < -0.4 is 5.32 Å². The fourth-order valence-electron chi connectivity index (χ4n) is 5.47. The average molecular weight is 264 g/mol. The van der Waals surface area contributed by atoms with Crippen molar-refractivity contribution in [3.63, 3.8) is 0 Å². The first-order valence-electron chi connectivity index (χ1n) is 8.21. The number of nitrogens with one attached hydrogen (secondary N) is 1. The lowest BCUT2D eigenvalue weighted by molar-refractivity contribution is 0.0344. The second-order valence-electron chi connectivity index (χ2n) is 8.70. The van der Waals surface area contributed by atoms with Gasteiger partial charge < -0.3 is 10.2 Å². The molecule has 3 aliphatic rings. The standard InChI is InChI=1S/C17H32N2/c1-15(2)13-7-10-16(3,11-13)14(15)18-12-17(19(4)5)8-6-9-17/h13-14,18H,6-12H2,1-5H3. The first kappa shape index (κ1) is 13.9. The summed E-state index contributed by atoms with van der Waals surface area (Å²) in [6, 6.07) is 0.719. The maximum absolute atomic E-state index is 4.03. The number of fused-ring (bicyclic) bond motifs is 2. The van der Waals surface area contributed by atoms with E-state index in [1.165, 1.54) is 45.1 Å². The Morgan fingerprint density at radius 3 is 2.21 bits per heavy atom. The monoisotopic (exact) mass is 264 g/mol. The molecule has 0 saturated heterocycles. The topological polar surface area (TPSA) is 15.3 Å². The van der Waals surface area contributed by atoms with Crippen LogP contribution in [0.15, 0.2) is 0 Å². The lowest BCUT2D eigenvalue weighted by Crippen LogP contribution is -2.61. The van der Waals surface area contributed by atoms with Crippen molar-refractivity contribution < 1.29 is 0 Å². The molecule has 3 saturated carbocycles. The van der Waals surface area contributed by atoms with Gasteiger partial charge in [-0.15, -0.1) is 0 Å². The molecule has 0 radical (unpaired) electrons. The Balaban J connectivity index is 1.70. The minimum atomic E-state index is 0.453. The molecule has 0 heterocycles. The number of nitrogens with zero attached hydrogens (tertiary/aromatic N) is 1. The van der Waals surface area contributed by atoms with Crippen LogP contribution in [0.4, 0.5) is 0 Å². The zero-order valence-electron chi connectivity index (χ0n) is 13.6. The molecule has 110 valence electrons. The molecule has 0 aromatic carbocycles. The Morgan fingerprint density at radius 2 is 1.79 bits per heavy atom. The van der Waals surface area contributed by atoms with Crippen LogP contribution >= 0.6 is 0 Å². The van der Waals surface area contributed by atoms with Gasteiger partial charge in [0.05, 0.1) is 0 Å². The van der Waals surface area contributed by atoms with Gasteiger partial charge in [-0.1, -0.05) is 20.8 Å². The van der Waals surface area contributed by atoms with E-state index in [1.807, 2.05) is 0 Å². The SMILES string of the molecule is CN(C)C1(CNC2C3(C)CCC(C3)C2(C)C)CCC1. The molecule has 19 heavy (non-hydrogen) atoms. The van der Waals surface area contributed by atoms with Gasteiger partial charge in [-0.2, -0.15) is 0 Å². The molecule has 2 nitrogen and oxygen atoms in total. The van der Waals surface area contributed by atoms with E-state index < -0.39 is 0 Å². The third kappa shape index (κ3) is 1.90. The minimum Gasteiger partial charge on any atom is -0.311 e. The third-order valence-corrected chi connectivity index (χ3v) is 7.14. The number of hydrogen-bond acceptors (Lipinski definition) is 2. The van der Waals surface area contributed by atoms with Crippen LogP contribution in [0.25, 0.3) is 0 Å². The summed E-state index contributed by atoms with van der Waals surface area (Å²) in [6.45, 7) is 8.73. The zero-order chi connectivity index (χ0) is 13.9. The molecule has 0 amide bonds. The molecule has 2 bridgehead atoms. The van der Waals surface area contributed by atoms with Gasteiger partial charge in [-0.3, -0.25) is 0 Å². The fourth-order valence-corrected chi connectivity index (χ4v) is 5.47. The second-order valence-corrected chi connectivity index (χ2v) is 8.70. The zero-order valence-corrected chi connectivity index (χ0v) is 13.6. The van der Waals surface area contributed by atoms with E-state index in [-0.39, 0.29) is 0 Å². The molecule has 3 aliphatic carbocycles. The van der Waals surface area contributed by atoms with Gasteiger partial charge in [0, 0.05) is 18.1 Å². The van der Waals surface area contributed by atoms with E-state index >= 15 is 0 Å². The summed E-state index contributed by atoms with van der Waals surface area (Å²) in [7, 11) is 4.52. The molecule has 0 spiro atoms. The van der Waals surface area contributed by atoms with Crippen LogP contribution in [0.2, 0.25) is 0 Å². The highest BCUT2D eigenvalue weighted by atomic mass is 15.2. The minimum absolute atomic E-state index is 0.453. The van der Waals surface area contributed by atoms with Gasteiger partial charge >= 0.3 is 0 Å². The van der Waals surface area contributed by atoms with Crippen molar-refractivity contribution in [2.75, 3.05) is 20.6 Å². The van der Waals surface area contributed by atoms with E-state index in [1.54, 1.807) is 0 Å². The molecule has 3 atom stereocenters. The van der Waals surface area contributed by atoms with E-state index in [4.69, 9.17) is 0 Å². The van der Waals surface area contributed by atoms with Gasteiger partial charge in [0.2, 0.25) is 0 Å². The molecular weight excluding hydrogens is 232 g/mol. The molecular formula is C17H32N2. The van der Waals surface area contributed by atoms with Crippen LogP contribution in [0.5, 0.6) is 0 Å². The van der Waals surface area contributed by atoms with Crippen molar-refractivity contribution in [3.8, 4) is 0 Å². The molecule has 3 fully saturated rings.